The first-order valence-corrected chi connectivity index (χ1v) is 12.1. The Hall–Kier alpha value is -3.29. The Bertz CT molecular complexity index is 1260. The topological polar surface area (TPSA) is 84.1 Å². The number of anilines is 1. The van der Waals surface area contributed by atoms with E-state index in [-0.39, 0.29) is 11.9 Å². The summed E-state index contributed by atoms with van der Waals surface area (Å²) < 4.78 is 1.13. The molecule has 1 amide bonds. The number of pyridine rings is 1. The van der Waals surface area contributed by atoms with Gasteiger partial charge in [0.15, 0.2) is 0 Å². The lowest BCUT2D eigenvalue weighted by atomic mass is 10.0. The normalized spacial score (nSPS) is 15.1. The number of nitrogen functional groups attached to an aromatic ring is 1. The molecule has 33 heavy (non-hydrogen) atoms. The van der Waals surface area contributed by atoms with Crippen LogP contribution in [0.5, 0.6) is 0 Å². The van der Waals surface area contributed by atoms with Crippen molar-refractivity contribution in [1.82, 2.24) is 20.2 Å². The van der Waals surface area contributed by atoms with Crippen LogP contribution >= 0.6 is 11.3 Å². The highest BCUT2D eigenvalue weighted by Crippen LogP contribution is 2.33. The number of rotatable bonds is 5. The highest BCUT2D eigenvalue weighted by Gasteiger charge is 2.19. The van der Waals surface area contributed by atoms with Crippen LogP contribution in [0.25, 0.3) is 20.8 Å². The highest BCUT2D eigenvalue weighted by atomic mass is 32.1. The number of nitrogens with two attached hydrogens (primary N) is 1. The maximum absolute atomic E-state index is 12.8. The van der Waals surface area contributed by atoms with Crippen molar-refractivity contribution in [2.45, 2.75) is 25.3 Å². The van der Waals surface area contributed by atoms with Crippen molar-refractivity contribution >= 4 is 33.3 Å². The molecule has 7 heteroatoms. The number of piperidine rings is 1. The number of hydrogen-bond acceptors (Lipinski definition) is 6. The molecule has 1 aliphatic heterocycles. The summed E-state index contributed by atoms with van der Waals surface area (Å²) in [6, 6.07) is 18.2. The summed E-state index contributed by atoms with van der Waals surface area (Å²) in [6.07, 6.45) is 4.46. The third-order valence-corrected chi connectivity index (χ3v) is 7.22. The second-order valence-corrected chi connectivity index (χ2v) is 9.72. The molecule has 2 aromatic carbocycles. The van der Waals surface area contributed by atoms with E-state index in [1.807, 2.05) is 42.5 Å². The molecule has 168 valence electrons. The summed E-state index contributed by atoms with van der Waals surface area (Å²) in [7, 11) is 2.12. The Balaban J connectivity index is 1.33. The van der Waals surface area contributed by atoms with Crippen LogP contribution in [0.2, 0.25) is 0 Å². The van der Waals surface area contributed by atoms with Gasteiger partial charge in [0, 0.05) is 17.8 Å². The monoisotopic (exact) mass is 457 g/mol. The summed E-state index contributed by atoms with van der Waals surface area (Å²) in [5.41, 5.74) is 10.8. The lowest BCUT2D eigenvalue weighted by molar-refractivity contribution is 0.0916. The van der Waals surface area contributed by atoms with Crippen LogP contribution in [0.4, 0.5) is 5.82 Å². The molecule has 3 N–H and O–H groups in total. The van der Waals surface area contributed by atoms with Gasteiger partial charge in [-0.1, -0.05) is 24.3 Å². The van der Waals surface area contributed by atoms with Crippen LogP contribution in [0, 0.1) is 0 Å². The van der Waals surface area contributed by atoms with Gasteiger partial charge < -0.3 is 16.0 Å². The molecule has 0 aliphatic carbocycles. The minimum absolute atomic E-state index is 0.00278. The smallest absolute Gasteiger partial charge is 0.251 e. The van der Waals surface area contributed by atoms with E-state index >= 15 is 0 Å². The summed E-state index contributed by atoms with van der Waals surface area (Å²) in [6.45, 7) is 2.04. The van der Waals surface area contributed by atoms with Crippen molar-refractivity contribution in [3.63, 3.8) is 0 Å². The minimum Gasteiger partial charge on any atom is -0.383 e. The average molecular weight is 458 g/mol. The van der Waals surface area contributed by atoms with Crippen LogP contribution in [0.1, 0.15) is 34.3 Å². The maximum Gasteiger partial charge on any atom is 0.251 e. The van der Waals surface area contributed by atoms with Crippen molar-refractivity contribution in [1.29, 1.82) is 0 Å². The van der Waals surface area contributed by atoms with E-state index in [0.717, 1.165) is 57.8 Å². The van der Waals surface area contributed by atoms with Gasteiger partial charge in [0.25, 0.3) is 5.91 Å². The number of fused-ring (bicyclic) bond motifs is 1. The molecule has 3 heterocycles. The molecule has 5 rings (SSSR count). The molecule has 1 fully saturated rings. The maximum atomic E-state index is 12.8. The first kappa shape index (κ1) is 21.6. The largest absolute Gasteiger partial charge is 0.383 e. The van der Waals surface area contributed by atoms with E-state index in [1.54, 1.807) is 17.5 Å². The Kier molecular flexibility index (Phi) is 6.07. The Morgan fingerprint density at radius 3 is 2.76 bits per heavy atom. The molecule has 1 aliphatic rings. The zero-order chi connectivity index (χ0) is 22.8. The number of thiazole rings is 1. The number of hydrogen-bond donors (Lipinski definition) is 2. The molecule has 2 aromatic heterocycles. The third kappa shape index (κ3) is 4.89. The second-order valence-electron chi connectivity index (χ2n) is 8.69. The van der Waals surface area contributed by atoms with Crippen molar-refractivity contribution in [3.8, 4) is 10.6 Å². The van der Waals surface area contributed by atoms with Gasteiger partial charge in [-0.3, -0.25) is 4.79 Å². The third-order valence-electron chi connectivity index (χ3n) is 6.15. The molecule has 1 saturated heterocycles. The molecule has 0 radical (unpaired) electrons. The zero-order valence-corrected chi connectivity index (χ0v) is 19.4. The van der Waals surface area contributed by atoms with Crippen LogP contribution < -0.4 is 11.1 Å². The predicted molar refractivity (Wildman–Crippen MR) is 134 cm³/mol. The lowest BCUT2D eigenvalue weighted by Crippen LogP contribution is -2.43. The van der Waals surface area contributed by atoms with Crippen molar-refractivity contribution < 1.29 is 4.79 Å². The van der Waals surface area contributed by atoms with Gasteiger partial charge in [0.2, 0.25) is 0 Å². The van der Waals surface area contributed by atoms with E-state index in [2.05, 4.69) is 34.4 Å². The number of aromatic nitrogens is 2. The SMILES string of the molecule is CN1CCC(NC(=O)c2cccc(Cc3cnc(N)c(-c4nc5ccccc5s4)c3)c2)CC1. The molecule has 0 saturated carbocycles. The summed E-state index contributed by atoms with van der Waals surface area (Å²) in [5, 5.41) is 4.07. The fourth-order valence-corrected chi connectivity index (χ4v) is 5.24. The Morgan fingerprint density at radius 2 is 1.94 bits per heavy atom. The standard InChI is InChI=1S/C26H27N5OS/c1-31-11-9-20(10-12-31)29-25(32)19-6-4-5-17(14-19)13-18-15-21(24(27)28-16-18)26-30-22-7-2-3-8-23(22)33-26/h2-8,14-16,20H,9-13H2,1H3,(H2,27,28)(H,29,32). The number of carbonyl (C=O) groups is 1. The Morgan fingerprint density at radius 1 is 1.12 bits per heavy atom. The van der Waals surface area contributed by atoms with Gasteiger partial charge in [-0.05, 0) is 80.9 Å². The van der Waals surface area contributed by atoms with E-state index in [4.69, 9.17) is 10.7 Å². The van der Waals surface area contributed by atoms with E-state index < -0.39 is 0 Å². The number of amides is 1. The van der Waals surface area contributed by atoms with Crippen LogP contribution in [-0.2, 0) is 6.42 Å². The number of nitrogens with zero attached hydrogens (tertiary/aromatic N) is 3. The number of benzene rings is 2. The van der Waals surface area contributed by atoms with Gasteiger partial charge in [0.1, 0.15) is 10.8 Å². The second kappa shape index (κ2) is 9.29. The lowest BCUT2D eigenvalue weighted by Gasteiger charge is -2.29. The van der Waals surface area contributed by atoms with Crippen LogP contribution in [-0.4, -0.2) is 47.0 Å². The number of nitrogens with one attached hydrogen (secondary N) is 1. The molecular weight excluding hydrogens is 430 g/mol. The first-order chi connectivity index (χ1) is 16.0. The van der Waals surface area contributed by atoms with E-state index in [9.17, 15) is 4.79 Å². The average Bonchev–Trinajstić information content (AvgIpc) is 3.26. The van der Waals surface area contributed by atoms with E-state index in [0.29, 0.717) is 17.8 Å². The fourth-order valence-electron chi connectivity index (χ4n) is 4.25. The van der Waals surface area contributed by atoms with Crippen LogP contribution in [0.15, 0.2) is 60.8 Å². The van der Waals surface area contributed by atoms with Gasteiger partial charge in [0.05, 0.1) is 15.8 Å². The van der Waals surface area contributed by atoms with Crippen molar-refractivity contribution in [3.05, 3.63) is 77.5 Å². The molecule has 0 atom stereocenters. The van der Waals surface area contributed by atoms with Gasteiger partial charge in [-0.15, -0.1) is 11.3 Å². The molecular formula is C26H27N5OS. The molecule has 0 unspecified atom stereocenters. The van der Waals surface area contributed by atoms with Gasteiger partial charge in [-0.2, -0.15) is 0 Å². The van der Waals surface area contributed by atoms with Gasteiger partial charge >= 0.3 is 0 Å². The molecule has 6 nitrogen and oxygen atoms in total. The molecule has 0 bridgehead atoms. The minimum atomic E-state index is -0.00278. The zero-order valence-electron chi connectivity index (χ0n) is 18.6. The van der Waals surface area contributed by atoms with Crippen LogP contribution in [0.3, 0.4) is 0 Å². The highest BCUT2D eigenvalue weighted by molar-refractivity contribution is 7.21. The van der Waals surface area contributed by atoms with E-state index in [1.165, 1.54) is 0 Å². The van der Waals surface area contributed by atoms with Crippen molar-refractivity contribution in [2.75, 3.05) is 25.9 Å². The fraction of sp³-hybridized carbons (Fsp3) is 0.269. The Labute approximate surface area is 197 Å². The van der Waals surface area contributed by atoms with Crippen molar-refractivity contribution in [2.24, 2.45) is 0 Å². The van der Waals surface area contributed by atoms with Gasteiger partial charge in [-0.25, -0.2) is 9.97 Å². The first-order valence-electron chi connectivity index (χ1n) is 11.2. The number of carbonyl (C=O) groups excluding carboxylic acids is 1. The summed E-state index contributed by atoms with van der Waals surface area (Å²) in [5.74, 6) is 0.473. The molecule has 0 spiro atoms. The molecule has 4 aromatic rings. The number of likely N-dealkylation sites (tertiary alicyclic amines) is 1. The quantitative estimate of drug-likeness (QED) is 0.465. The summed E-state index contributed by atoms with van der Waals surface area (Å²) >= 11 is 1.62. The number of para-hydroxylation sites is 1. The predicted octanol–water partition coefficient (Wildman–Crippen LogP) is 4.36. The summed E-state index contributed by atoms with van der Waals surface area (Å²) in [4.78, 5) is 24.3.